The van der Waals surface area contributed by atoms with E-state index in [0.29, 0.717) is 24.8 Å². The molecule has 3 aromatic rings. The molecule has 29 heavy (non-hydrogen) atoms. The van der Waals surface area contributed by atoms with Crippen molar-refractivity contribution in [1.82, 2.24) is 9.55 Å². The molecule has 1 N–H and O–H groups in total. The molecule has 150 valence electrons. The third kappa shape index (κ3) is 4.16. The molecule has 0 radical (unpaired) electrons. The minimum atomic E-state index is -0.0570. The fraction of sp³-hybridized carbons (Fsp3) is 0.348. The first-order chi connectivity index (χ1) is 14.1. The summed E-state index contributed by atoms with van der Waals surface area (Å²) in [5.41, 5.74) is 3.62. The molecule has 1 saturated heterocycles. The molecule has 2 heterocycles. The Bertz CT molecular complexity index is 1080. The van der Waals surface area contributed by atoms with E-state index in [1.807, 2.05) is 37.3 Å². The van der Waals surface area contributed by atoms with Crippen molar-refractivity contribution >= 4 is 28.2 Å². The van der Waals surface area contributed by atoms with Gasteiger partial charge in [0.05, 0.1) is 28.6 Å². The quantitative estimate of drug-likeness (QED) is 0.697. The fourth-order valence-electron chi connectivity index (χ4n) is 3.93. The largest absolute Gasteiger partial charge is 0.370 e. The Balaban J connectivity index is 1.38. The van der Waals surface area contributed by atoms with E-state index < -0.39 is 0 Å². The zero-order chi connectivity index (χ0) is 20.2. The summed E-state index contributed by atoms with van der Waals surface area (Å²) in [6, 6.07) is 13.6. The normalized spacial score (nSPS) is 13.8. The first-order valence-electron chi connectivity index (χ1n) is 10.2. The summed E-state index contributed by atoms with van der Waals surface area (Å²) in [6.45, 7) is 4.48. The van der Waals surface area contributed by atoms with E-state index in [1.54, 1.807) is 17.0 Å². The molecular formula is C23H26N4O2. The van der Waals surface area contributed by atoms with Gasteiger partial charge in [-0.3, -0.25) is 14.2 Å². The van der Waals surface area contributed by atoms with Crippen molar-refractivity contribution in [3.63, 3.8) is 0 Å². The van der Waals surface area contributed by atoms with Gasteiger partial charge in [-0.2, -0.15) is 0 Å². The number of nitrogens with one attached hydrogen (secondary N) is 1. The van der Waals surface area contributed by atoms with Crippen LogP contribution in [0.15, 0.2) is 53.6 Å². The minimum absolute atomic E-state index is 0.0331. The molecule has 1 fully saturated rings. The van der Waals surface area contributed by atoms with E-state index >= 15 is 0 Å². The molecule has 0 unspecified atom stereocenters. The van der Waals surface area contributed by atoms with Gasteiger partial charge in [0, 0.05) is 26.1 Å². The van der Waals surface area contributed by atoms with Gasteiger partial charge in [0.15, 0.2) is 0 Å². The highest BCUT2D eigenvalue weighted by molar-refractivity contribution is 5.94. The smallest absolute Gasteiger partial charge is 0.261 e. The van der Waals surface area contributed by atoms with Crippen LogP contribution in [0.5, 0.6) is 0 Å². The summed E-state index contributed by atoms with van der Waals surface area (Å²) in [6.07, 6.45) is 4.90. The number of benzene rings is 2. The molecule has 1 aliphatic rings. The van der Waals surface area contributed by atoms with Crippen LogP contribution >= 0.6 is 0 Å². The Morgan fingerprint density at radius 1 is 1.10 bits per heavy atom. The van der Waals surface area contributed by atoms with Crippen LogP contribution in [0.3, 0.4) is 0 Å². The van der Waals surface area contributed by atoms with Crippen LogP contribution in [-0.2, 0) is 11.3 Å². The monoisotopic (exact) mass is 390 g/mol. The second kappa shape index (κ2) is 8.47. The molecule has 1 amide bonds. The number of rotatable bonds is 6. The summed E-state index contributed by atoms with van der Waals surface area (Å²) in [5.74, 6) is -0.0331. The minimum Gasteiger partial charge on any atom is -0.370 e. The molecule has 2 aromatic carbocycles. The lowest BCUT2D eigenvalue weighted by Crippen LogP contribution is -2.23. The van der Waals surface area contributed by atoms with E-state index in [2.05, 4.69) is 21.3 Å². The van der Waals surface area contributed by atoms with Crippen molar-refractivity contribution in [3.05, 3.63) is 64.7 Å². The number of aryl methyl sites for hydroxylation is 2. The summed E-state index contributed by atoms with van der Waals surface area (Å²) in [7, 11) is 0. The Morgan fingerprint density at radius 3 is 2.72 bits per heavy atom. The zero-order valence-electron chi connectivity index (χ0n) is 16.7. The van der Waals surface area contributed by atoms with Gasteiger partial charge >= 0.3 is 0 Å². The number of para-hydroxylation sites is 3. The molecule has 1 aromatic heterocycles. The number of carbonyl (C=O) groups is 1. The second-order valence-corrected chi connectivity index (χ2v) is 7.58. The highest BCUT2D eigenvalue weighted by Gasteiger charge is 2.16. The maximum absolute atomic E-state index is 12.7. The van der Waals surface area contributed by atoms with E-state index in [4.69, 9.17) is 0 Å². The molecule has 0 saturated carbocycles. The first kappa shape index (κ1) is 19.2. The maximum atomic E-state index is 12.7. The first-order valence-corrected chi connectivity index (χ1v) is 10.2. The van der Waals surface area contributed by atoms with Crippen LogP contribution in [0.2, 0.25) is 0 Å². The Labute approximate surface area is 170 Å². The van der Waals surface area contributed by atoms with Crippen LogP contribution in [0.1, 0.15) is 31.2 Å². The third-order valence-corrected chi connectivity index (χ3v) is 5.48. The van der Waals surface area contributed by atoms with E-state index in [9.17, 15) is 9.59 Å². The van der Waals surface area contributed by atoms with Crippen LogP contribution < -0.4 is 15.8 Å². The molecule has 4 rings (SSSR count). The summed E-state index contributed by atoms with van der Waals surface area (Å²) >= 11 is 0. The molecular weight excluding hydrogens is 364 g/mol. The summed E-state index contributed by atoms with van der Waals surface area (Å²) in [4.78, 5) is 31.9. The van der Waals surface area contributed by atoms with E-state index in [-0.39, 0.29) is 11.5 Å². The molecule has 0 atom stereocenters. The Kier molecular flexibility index (Phi) is 5.60. The molecule has 0 spiro atoms. The number of carbonyl (C=O) groups excluding carboxylic acids is 1. The van der Waals surface area contributed by atoms with Gasteiger partial charge in [-0.25, -0.2) is 4.98 Å². The highest BCUT2D eigenvalue weighted by atomic mass is 16.1. The van der Waals surface area contributed by atoms with Gasteiger partial charge < -0.3 is 10.2 Å². The molecule has 0 bridgehead atoms. The van der Waals surface area contributed by atoms with Gasteiger partial charge in [-0.1, -0.05) is 24.3 Å². The molecule has 1 aliphatic heterocycles. The standard InChI is InChI=1S/C23H26N4O2/c1-17-8-6-9-18-22(17)24-16-27(23(18)29)15-7-12-21(28)25-19-10-2-3-11-20(19)26-13-4-5-14-26/h2-3,6,8-11,16H,4-5,7,12-15H2,1H3,(H,25,28). The van der Waals surface area contributed by atoms with Gasteiger partial charge in [-0.05, 0) is 49.9 Å². The van der Waals surface area contributed by atoms with Crippen molar-refractivity contribution in [3.8, 4) is 0 Å². The maximum Gasteiger partial charge on any atom is 0.261 e. The van der Waals surface area contributed by atoms with E-state index in [1.165, 1.54) is 12.8 Å². The van der Waals surface area contributed by atoms with Crippen molar-refractivity contribution in [2.45, 2.75) is 39.2 Å². The molecule has 6 heteroatoms. The number of nitrogens with zero attached hydrogens (tertiary/aromatic N) is 3. The summed E-state index contributed by atoms with van der Waals surface area (Å²) in [5, 5.41) is 3.66. The van der Waals surface area contributed by atoms with Crippen molar-refractivity contribution in [2.75, 3.05) is 23.3 Å². The fourth-order valence-corrected chi connectivity index (χ4v) is 3.93. The van der Waals surface area contributed by atoms with Gasteiger partial charge in [0.2, 0.25) is 5.91 Å². The predicted octanol–water partition coefficient (Wildman–Crippen LogP) is 3.72. The van der Waals surface area contributed by atoms with Gasteiger partial charge in [0.1, 0.15) is 0 Å². The van der Waals surface area contributed by atoms with Crippen LogP contribution in [-0.4, -0.2) is 28.5 Å². The Hall–Kier alpha value is -3.15. The SMILES string of the molecule is Cc1cccc2c(=O)n(CCCC(=O)Nc3ccccc3N3CCCC3)cnc12. The van der Waals surface area contributed by atoms with E-state index in [0.717, 1.165) is 35.5 Å². The third-order valence-electron chi connectivity index (χ3n) is 5.48. The lowest BCUT2D eigenvalue weighted by atomic mass is 10.1. The Morgan fingerprint density at radius 2 is 1.90 bits per heavy atom. The van der Waals surface area contributed by atoms with Crippen LogP contribution in [0.25, 0.3) is 10.9 Å². The predicted molar refractivity (Wildman–Crippen MR) is 116 cm³/mol. The number of aromatic nitrogens is 2. The molecule has 0 aliphatic carbocycles. The number of anilines is 2. The summed E-state index contributed by atoms with van der Waals surface area (Å²) < 4.78 is 1.59. The van der Waals surface area contributed by atoms with Crippen LogP contribution in [0, 0.1) is 6.92 Å². The number of amides is 1. The van der Waals surface area contributed by atoms with Gasteiger partial charge in [0.25, 0.3) is 5.56 Å². The average Bonchev–Trinajstić information content (AvgIpc) is 3.25. The zero-order valence-corrected chi connectivity index (χ0v) is 16.7. The lowest BCUT2D eigenvalue weighted by Gasteiger charge is -2.21. The lowest BCUT2D eigenvalue weighted by molar-refractivity contribution is -0.116. The number of hydrogen-bond acceptors (Lipinski definition) is 4. The number of fused-ring (bicyclic) bond motifs is 1. The van der Waals surface area contributed by atoms with Crippen LogP contribution in [0.4, 0.5) is 11.4 Å². The second-order valence-electron chi connectivity index (χ2n) is 7.58. The molecule has 6 nitrogen and oxygen atoms in total. The number of hydrogen-bond donors (Lipinski definition) is 1. The topological polar surface area (TPSA) is 67.2 Å². The average molecular weight is 390 g/mol. The van der Waals surface area contributed by atoms with Gasteiger partial charge in [-0.15, -0.1) is 0 Å². The van der Waals surface area contributed by atoms with Crippen molar-refractivity contribution in [2.24, 2.45) is 0 Å². The van der Waals surface area contributed by atoms with Crippen molar-refractivity contribution in [1.29, 1.82) is 0 Å². The van der Waals surface area contributed by atoms with Crippen molar-refractivity contribution < 1.29 is 4.79 Å². The highest BCUT2D eigenvalue weighted by Crippen LogP contribution is 2.28.